The summed E-state index contributed by atoms with van der Waals surface area (Å²) in [7, 11) is 0. The first-order chi connectivity index (χ1) is 16.8. The standard InChI is InChI=1S/C31H37N3/c1-2-9-24-11-6-7-12-25(24)16-18-30-29-21-27(26-13-8-10-23(20-26)22-32)17-19-31(29)34(33-30)28-14-4-3-5-15-28/h6-8,10-13,17,19-21,28H,2-5,9,14-16,18,22,32H2,1H3. The van der Waals surface area contributed by atoms with Gasteiger partial charge in [-0.2, -0.15) is 5.10 Å². The van der Waals surface area contributed by atoms with Crippen LogP contribution in [0.3, 0.4) is 0 Å². The van der Waals surface area contributed by atoms with E-state index in [0.29, 0.717) is 12.6 Å². The smallest absolute Gasteiger partial charge is 0.0707 e. The van der Waals surface area contributed by atoms with Crippen molar-refractivity contribution in [3.63, 3.8) is 0 Å². The molecular formula is C31H37N3. The molecule has 0 atom stereocenters. The van der Waals surface area contributed by atoms with Gasteiger partial charge in [-0.05, 0) is 78.1 Å². The van der Waals surface area contributed by atoms with E-state index in [4.69, 9.17) is 10.8 Å². The summed E-state index contributed by atoms with van der Waals surface area (Å²) in [4.78, 5) is 0. The number of fused-ring (bicyclic) bond motifs is 1. The van der Waals surface area contributed by atoms with Crippen molar-refractivity contribution >= 4 is 10.9 Å². The van der Waals surface area contributed by atoms with E-state index in [2.05, 4.69) is 78.3 Å². The molecule has 1 aliphatic carbocycles. The van der Waals surface area contributed by atoms with Gasteiger partial charge in [-0.3, -0.25) is 4.68 Å². The molecule has 1 aromatic heterocycles. The second kappa shape index (κ2) is 10.6. The Morgan fingerprint density at radius 2 is 1.59 bits per heavy atom. The lowest BCUT2D eigenvalue weighted by Gasteiger charge is -2.22. The summed E-state index contributed by atoms with van der Waals surface area (Å²) in [5.41, 5.74) is 15.1. The third-order valence-corrected chi connectivity index (χ3v) is 7.47. The highest BCUT2D eigenvalue weighted by molar-refractivity contribution is 5.87. The van der Waals surface area contributed by atoms with Gasteiger partial charge >= 0.3 is 0 Å². The van der Waals surface area contributed by atoms with Crippen molar-refractivity contribution in [1.29, 1.82) is 0 Å². The lowest BCUT2D eigenvalue weighted by atomic mass is 9.95. The Labute approximate surface area is 204 Å². The van der Waals surface area contributed by atoms with Crippen LogP contribution in [-0.2, 0) is 25.8 Å². The number of rotatable bonds is 8. The van der Waals surface area contributed by atoms with E-state index in [0.717, 1.165) is 19.3 Å². The molecule has 3 heteroatoms. The van der Waals surface area contributed by atoms with E-state index >= 15 is 0 Å². The summed E-state index contributed by atoms with van der Waals surface area (Å²) in [5, 5.41) is 6.58. The summed E-state index contributed by atoms with van der Waals surface area (Å²) in [6.45, 7) is 2.83. The lowest BCUT2D eigenvalue weighted by molar-refractivity contribution is 0.335. The van der Waals surface area contributed by atoms with Crippen LogP contribution in [0.2, 0.25) is 0 Å². The molecule has 176 valence electrons. The molecule has 0 amide bonds. The van der Waals surface area contributed by atoms with Crippen LogP contribution < -0.4 is 5.73 Å². The third-order valence-electron chi connectivity index (χ3n) is 7.47. The van der Waals surface area contributed by atoms with Gasteiger partial charge in [0, 0.05) is 11.9 Å². The van der Waals surface area contributed by atoms with Gasteiger partial charge in [-0.15, -0.1) is 0 Å². The summed E-state index contributed by atoms with van der Waals surface area (Å²) in [6, 6.07) is 25.0. The molecule has 0 saturated heterocycles. The number of hydrogen-bond donors (Lipinski definition) is 1. The highest BCUT2D eigenvalue weighted by Crippen LogP contribution is 2.34. The Hall–Kier alpha value is -2.91. The van der Waals surface area contributed by atoms with E-state index in [1.54, 1.807) is 0 Å². The first-order valence-electron chi connectivity index (χ1n) is 13.1. The first kappa shape index (κ1) is 22.9. The van der Waals surface area contributed by atoms with E-state index < -0.39 is 0 Å². The van der Waals surface area contributed by atoms with Gasteiger partial charge < -0.3 is 5.73 Å². The van der Waals surface area contributed by atoms with E-state index in [1.165, 1.54) is 82.9 Å². The van der Waals surface area contributed by atoms with Crippen LogP contribution in [0.1, 0.15) is 73.9 Å². The number of nitrogens with two attached hydrogens (primary N) is 1. The van der Waals surface area contributed by atoms with Crippen molar-refractivity contribution in [2.45, 2.75) is 77.3 Å². The van der Waals surface area contributed by atoms with Crippen LogP contribution >= 0.6 is 0 Å². The van der Waals surface area contributed by atoms with E-state index in [1.807, 2.05) is 0 Å². The first-order valence-corrected chi connectivity index (χ1v) is 13.1. The van der Waals surface area contributed by atoms with Crippen molar-refractivity contribution in [1.82, 2.24) is 9.78 Å². The van der Waals surface area contributed by atoms with Crippen molar-refractivity contribution < 1.29 is 0 Å². The Bertz CT molecular complexity index is 1250. The molecule has 0 unspecified atom stereocenters. The topological polar surface area (TPSA) is 43.8 Å². The fraction of sp³-hybridized carbons (Fsp3) is 0.387. The SMILES string of the molecule is CCCc1ccccc1CCc1nn(C2CCCCC2)c2ccc(-c3cccc(CN)c3)cc12. The average molecular weight is 452 g/mol. The molecule has 1 aliphatic rings. The molecule has 3 aromatic carbocycles. The summed E-state index contributed by atoms with van der Waals surface area (Å²) < 4.78 is 2.36. The maximum atomic E-state index is 5.91. The Morgan fingerprint density at radius 1 is 0.824 bits per heavy atom. The second-order valence-electron chi connectivity index (χ2n) is 9.84. The molecule has 2 N–H and O–H groups in total. The third kappa shape index (κ3) is 4.81. The molecule has 0 bridgehead atoms. The highest BCUT2D eigenvalue weighted by atomic mass is 15.3. The minimum Gasteiger partial charge on any atom is -0.326 e. The molecule has 3 nitrogen and oxygen atoms in total. The molecule has 0 aliphatic heterocycles. The van der Waals surface area contributed by atoms with Crippen LogP contribution in [-0.4, -0.2) is 9.78 Å². The Kier molecular flexibility index (Phi) is 7.10. The number of nitrogens with zero attached hydrogens (tertiary/aromatic N) is 2. The zero-order valence-electron chi connectivity index (χ0n) is 20.5. The Balaban J connectivity index is 1.53. The van der Waals surface area contributed by atoms with Gasteiger partial charge in [-0.25, -0.2) is 0 Å². The predicted molar refractivity (Wildman–Crippen MR) is 143 cm³/mol. The predicted octanol–water partition coefficient (Wildman–Crippen LogP) is 7.40. The monoisotopic (exact) mass is 451 g/mol. The number of hydrogen-bond acceptors (Lipinski definition) is 2. The van der Waals surface area contributed by atoms with E-state index in [9.17, 15) is 0 Å². The van der Waals surface area contributed by atoms with Gasteiger partial charge in [-0.1, -0.05) is 81.1 Å². The summed E-state index contributed by atoms with van der Waals surface area (Å²) >= 11 is 0. The fourth-order valence-electron chi connectivity index (χ4n) is 5.62. The highest BCUT2D eigenvalue weighted by Gasteiger charge is 2.21. The van der Waals surface area contributed by atoms with Crippen LogP contribution in [0.5, 0.6) is 0 Å². The number of benzene rings is 3. The fourth-order valence-corrected chi connectivity index (χ4v) is 5.62. The van der Waals surface area contributed by atoms with Crippen LogP contribution in [0.15, 0.2) is 66.7 Å². The van der Waals surface area contributed by atoms with Gasteiger partial charge in [0.2, 0.25) is 0 Å². The van der Waals surface area contributed by atoms with Crippen molar-refractivity contribution in [2.75, 3.05) is 0 Å². The van der Waals surface area contributed by atoms with Crippen molar-refractivity contribution in [2.24, 2.45) is 5.73 Å². The van der Waals surface area contributed by atoms with Gasteiger partial charge in [0.25, 0.3) is 0 Å². The molecule has 0 spiro atoms. The second-order valence-corrected chi connectivity index (χ2v) is 9.84. The van der Waals surface area contributed by atoms with Crippen molar-refractivity contribution in [3.8, 4) is 11.1 Å². The summed E-state index contributed by atoms with van der Waals surface area (Å²) in [6.07, 6.45) is 10.8. The molecule has 0 radical (unpaired) electrons. The largest absolute Gasteiger partial charge is 0.326 e. The Morgan fingerprint density at radius 3 is 2.35 bits per heavy atom. The molecule has 5 rings (SSSR count). The minimum atomic E-state index is 0.531. The molecule has 1 saturated carbocycles. The zero-order valence-corrected chi connectivity index (χ0v) is 20.5. The average Bonchev–Trinajstić information content (AvgIpc) is 3.27. The maximum absolute atomic E-state index is 5.91. The van der Waals surface area contributed by atoms with E-state index in [-0.39, 0.29) is 0 Å². The van der Waals surface area contributed by atoms with Gasteiger partial charge in [0.15, 0.2) is 0 Å². The number of aromatic nitrogens is 2. The van der Waals surface area contributed by atoms with Crippen LogP contribution in [0.4, 0.5) is 0 Å². The normalized spacial score (nSPS) is 14.6. The van der Waals surface area contributed by atoms with Gasteiger partial charge in [0.05, 0.1) is 17.3 Å². The molecule has 4 aromatic rings. The van der Waals surface area contributed by atoms with Gasteiger partial charge in [0.1, 0.15) is 0 Å². The number of aryl methyl sites for hydroxylation is 3. The minimum absolute atomic E-state index is 0.531. The zero-order chi connectivity index (χ0) is 23.3. The quantitative estimate of drug-likeness (QED) is 0.303. The lowest BCUT2D eigenvalue weighted by Crippen LogP contribution is -2.14. The molecular weight excluding hydrogens is 414 g/mol. The molecule has 1 fully saturated rings. The molecule has 1 heterocycles. The van der Waals surface area contributed by atoms with Crippen molar-refractivity contribution in [3.05, 3.63) is 89.1 Å². The van der Waals surface area contributed by atoms with Crippen LogP contribution in [0, 0.1) is 0 Å². The molecule has 34 heavy (non-hydrogen) atoms. The summed E-state index contributed by atoms with van der Waals surface area (Å²) in [5.74, 6) is 0. The van der Waals surface area contributed by atoms with Crippen LogP contribution in [0.25, 0.3) is 22.0 Å². The maximum Gasteiger partial charge on any atom is 0.0707 e.